The third-order valence-corrected chi connectivity index (χ3v) is 4.64. The maximum atomic E-state index is 12.4. The fraction of sp³-hybridized carbons (Fsp3) is 0.211. The van der Waals surface area contributed by atoms with Crippen LogP contribution in [0.3, 0.4) is 0 Å². The summed E-state index contributed by atoms with van der Waals surface area (Å²) in [4.78, 5) is 20.1. The van der Waals surface area contributed by atoms with Crippen molar-refractivity contribution in [1.29, 1.82) is 5.26 Å². The quantitative estimate of drug-likeness (QED) is 0.645. The van der Waals surface area contributed by atoms with Crippen LogP contribution in [-0.2, 0) is 4.79 Å². The third kappa shape index (κ3) is 4.16. The number of benzene rings is 2. The standard InChI is InChI=1S/C19H18N4O2S/c1-3-25-15-7-8-16-17(10-15)23-19(22-16)26-12(2)18(24)21-14-6-4-5-13(9-14)11-20/h4-10,12H,3H2,1-2H3,(H,21,24)(H,22,23)/t12-/m1/s1. The van der Waals surface area contributed by atoms with Crippen molar-refractivity contribution in [3.8, 4) is 11.8 Å². The van der Waals surface area contributed by atoms with Crippen LogP contribution < -0.4 is 10.1 Å². The van der Waals surface area contributed by atoms with Crippen LogP contribution in [-0.4, -0.2) is 27.7 Å². The molecule has 1 amide bonds. The van der Waals surface area contributed by atoms with Crippen LogP contribution in [0.5, 0.6) is 5.75 Å². The average Bonchev–Trinajstić information content (AvgIpc) is 3.03. The molecule has 0 saturated heterocycles. The summed E-state index contributed by atoms with van der Waals surface area (Å²) < 4.78 is 5.49. The number of H-pyrrole nitrogens is 1. The molecule has 0 aliphatic rings. The molecule has 6 nitrogen and oxygen atoms in total. The average molecular weight is 366 g/mol. The Balaban J connectivity index is 1.68. The highest BCUT2D eigenvalue weighted by atomic mass is 32.2. The highest BCUT2D eigenvalue weighted by molar-refractivity contribution is 8.00. The normalized spacial score (nSPS) is 11.7. The maximum Gasteiger partial charge on any atom is 0.237 e. The van der Waals surface area contributed by atoms with E-state index in [4.69, 9.17) is 10.00 Å². The number of nitrogens with zero attached hydrogens (tertiary/aromatic N) is 2. The van der Waals surface area contributed by atoms with Crippen molar-refractivity contribution >= 4 is 34.4 Å². The Morgan fingerprint density at radius 1 is 1.38 bits per heavy atom. The summed E-state index contributed by atoms with van der Waals surface area (Å²) in [5.41, 5.74) is 2.80. The lowest BCUT2D eigenvalue weighted by molar-refractivity contribution is -0.115. The number of imidazole rings is 1. The van der Waals surface area contributed by atoms with Crippen molar-refractivity contribution in [1.82, 2.24) is 9.97 Å². The van der Waals surface area contributed by atoms with Gasteiger partial charge in [-0.05, 0) is 44.2 Å². The number of carbonyl (C=O) groups excluding carboxylic acids is 1. The van der Waals surface area contributed by atoms with E-state index in [0.717, 1.165) is 16.8 Å². The minimum Gasteiger partial charge on any atom is -0.494 e. The van der Waals surface area contributed by atoms with Crippen molar-refractivity contribution in [3.63, 3.8) is 0 Å². The van der Waals surface area contributed by atoms with Gasteiger partial charge in [0, 0.05) is 11.8 Å². The second-order valence-corrected chi connectivity index (χ2v) is 6.93. The first-order valence-electron chi connectivity index (χ1n) is 8.19. The van der Waals surface area contributed by atoms with Gasteiger partial charge in [-0.15, -0.1) is 0 Å². The molecule has 2 N–H and O–H groups in total. The Bertz CT molecular complexity index is 977. The molecule has 0 fully saturated rings. The van der Waals surface area contributed by atoms with Crippen molar-refractivity contribution < 1.29 is 9.53 Å². The number of nitriles is 1. The summed E-state index contributed by atoms with van der Waals surface area (Å²) in [6.07, 6.45) is 0. The molecule has 7 heteroatoms. The Hall–Kier alpha value is -2.98. The molecule has 0 aliphatic heterocycles. The van der Waals surface area contributed by atoms with Gasteiger partial charge in [-0.25, -0.2) is 4.98 Å². The van der Waals surface area contributed by atoms with E-state index in [2.05, 4.69) is 21.4 Å². The largest absolute Gasteiger partial charge is 0.494 e. The highest BCUT2D eigenvalue weighted by Gasteiger charge is 2.17. The molecule has 1 aromatic heterocycles. The molecule has 3 rings (SSSR count). The molecule has 0 bridgehead atoms. The Morgan fingerprint density at radius 2 is 2.23 bits per heavy atom. The number of amides is 1. The first kappa shape index (κ1) is 17.8. The van der Waals surface area contributed by atoms with Crippen molar-refractivity contribution in [3.05, 3.63) is 48.0 Å². The molecule has 132 valence electrons. The van der Waals surface area contributed by atoms with Crippen LogP contribution in [0.4, 0.5) is 5.69 Å². The van der Waals surface area contributed by atoms with E-state index in [1.165, 1.54) is 11.8 Å². The van der Waals surface area contributed by atoms with E-state index in [1.54, 1.807) is 24.3 Å². The number of hydrogen-bond acceptors (Lipinski definition) is 5. The van der Waals surface area contributed by atoms with Gasteiger partial charge in [0.05, 0.1) is 34.5 Å². The number of fused-ring (bicyclic) bond motifs is 1. The van der Waals surface area contributed by atoms with Gasteiger partial charge in [0.15, 0.2) is 5.16 Å². The van der Waals surface area contributed by atoms with Gasteiger partial charge in [0.25, 0.3) is 0 Å². The molecule has 0 radical (unpaired) electrons. The van der Waals surface area contributed by atoms with Crippen molar-refractivity contribution in [2.45, 2.75) is 24.3 Å². The smallest absolute Gasteiger partial charge is 0.237 e. The van der Waals surface area contributed by atoms with E-state index >= 15 is 0 Å². The molecule has 0 unspecified atom stereocenters. The zero-order chi connectivity index (χ0) is 18.5. The number of rotatable bonds is 6. The fourth-order valence-corrected chi connectivity index (χ4v) is 3.23. The number of aromatic nitrogens is 2. The minimum atomic E-state index is -0.354. The van der Waals surface area contributed by atoms with E-state index in [-0.39, 0.29) is 11.2 Å². The predicted octanol–water partition coefficient (Wildman–Crippen LogP) is 3.95. The summed E-state index contributed by atoms with van der Waals surface area (Å²) in [5, 5.41) is 12.1. The Labute approximate surface area is 155 Å². The van der Waals surface area contributed by atoms with Crippen LogP contribution in [0.2, 0.25) is 0 Å². The van der Waals surface area contributed by atoms with Crippen molar-refractivity contribution in [2.24, 2.45) is 0 Å². The summed E-state index contributed by atoms with van der Waals surface area (Å²) in [5.74, 6) is 0.629. The molecule has 1 atom stereocenters. The molecule has 2 aromatic carbocycles. The van der Waals surface area contributed by atoms with Gasteiger partial charge in [-0.1, -0.05) is 17.8 Å². The molecular weight excluding hydrogens is 348 g/mol. The number of hydrogen-bond donors (Lipinski definition) is 2. The molecule has 3 aromatic rings. The summed E-state index contributed by atoms with van der Waals surface area (Å²) in [6.45, 7) is 4.35. The van der Waals surface area contributed by atoms with Gasteiger partial charge in [0.1, 0.15) is 5.75 Å². The van der Waals surface area contributed by atoms with E-state index in [0.29, 0.717) is 23.0 Å². The number of thioether (sulfide) groups is 1. The zero-order valence-corrected chi connectivity index (χ0v) is 15.3. The lowest BCUT2D eigenvalue weighted by Crippen LogP contribution is -2.22. The SMILES string of the molecule is CCOc1ccc2nc(S[C@H](C)C(=O)Nc3cccc(C#N)c3)[nH]c2c1. The third-order valence-electron chi connectivity index (χ3n) is 3.66. The van der Waals surface area contributed by atoms with Gasteiger partial charge < -0.3 is 15.0 Å². The summed E-state index contributed by atoms with van der Waals surface area (Å²) in [7, 11) is 0. The van der Waals surface area contributed by atoms with Crippen LogP contribution in [0.25, 0.3) is 11.0 Å². The van der Waals surface area contributed by atoms with Gasteiger partial charge >= 0.3 is 0 Å². The van der Waals surface area contributed by atoms with Crippen LogP contribution in [0, 0.1) is 11.3 Å². The monoisotopic (exact) mass is 366 g/mol. The Morgan fingerprint density at radius 3 is 3.00 bits per heavy atom. The summed E-state index contributed by atoms with van der Waals surface area (Å²) in [6, 6.07) is 14.5. The lowest BCUT2D eigenvalue weighted by atomic mass is 10.2. The highest BCUT2D eigenvalue weighted by Crippen LogP contribution is 2.26. The molecule has 0 spiro atoms. The minimum absolute atomic E-state index is 0.152. The van der Waals surface area contributed by atoms with Crippen molar-refractivity contribution in [2.75, 3.05) is 11.9 Å². The number of aromatic amines is 1. The first-order chi connectivity index (χ1) is 12.6. The first-order valence-corrected chi connectivity index (χ1v) is 9.07. The van der Waals surface area contributed by atoms with Gasteiger partial charge in [-0.3, -0.25) is 4.79 Å². The van der Waals surface area contributed by atoms with Gasteiger partial charge in [0.2, 0.25) is 5.91 Å². The van der Waals surface area contributed by atoms with Crippen LogP contribution >= 0.6 is 11.8 Å². The number of anilines is 1. The number of ether oxygens (including phenoxy) is 1. The van der Waals surface area contributed by atoms with E-state index in [9.17, 15) is 4.79 Å². The van der Waals surface area contributed by atoms with E-state index in [1.807, 2.05) is 32.0 Å². The fourth-order valence-electron chi connectivity index (χ4n) is 2.41. The molecule has 0 saturated carbocycles. The predicted molar refractivity (Wildman–Crippen MR) is 102 cm³/mol. The number of carbonyl (C=O) groups is 1. The zero-order valence-electron chi connectivity index (χ0n) is 14.4. The molecule has 0 aliphatic carbocycles. The lowest BCUT2D eigenvalue weighted by Gasteiger charge is -2.10. The summed E-state index contributed by atoms with van der Waals surface area (Å²) >= 11 is 1.34. The van der Waals surface area contributed by atoms with Crippen LogP contribution in [0.1, 0.15) is 19.4 Å². The second-order valence-electron chi connectivity index (χ2n) is 5.60. The van der Waals surface area contributed by atoms with Gasteiger partial charge in [-0.2, -0.15) is 5.26 Å². The second kappa shape index (κ2) is 7.93. The molecule has 1 heterocycles. The molecular formula is C19H18N4O2S. The van der Waals surface area contributed by atoms with E-state index < -0.39 is 0 Å². The topological polar surface area (TPSA) is 90.8 Å². The maximum absolute atomic E-state index is 12.4. The Kier molecular flexibility index (Phi) is 5.44. The van der Waals surface area contributed by atoms with Crippen LogP contribution in [0.15, 0.2) is 47.6 Å². The number of nitrogens with one attached hydrogen (secondary N) is 2. The molecule has 26 heavy (non-hydrogen) atoms.